The van der Waals surface area contributed by atoms with Gasteiger partial charge in [0.2, 0.25) is 0 Å². The molecule has 4 nitrogen and oxygen atoms in total. The molecule has 3 aromatic carbocycles. The van der Waals surface area contributed by atoms with Crippen LogP contribution in [0.5, 0.6) is 0 Å². The first kappa shape index (κ1) is 24.7. The molecule has 1 N–H and O–H groups in total. The lowest BCUT2D eigenvalue weighted by Gasteiger charge is -2.28. The van der Waals surface area contributed by atoms with Crippen molar-refractivity contribution >= 4 is 23.5 Å². The van der Waals surface area contributed by atoms with Gasteiger partial charge in [-0.1, -0.05) is 92.9 Å². The van der Waals surface area contributed by atoms with Gasteiger partial charge in [-0.3, -0.25) is 4.79 Å². The fourth-order valence-corrected chi connectivity index (χ4v) is 4.36. The number of hydroxylamine groups is 1. The van der Waals surface area contributed by atoms with Crippen molar-refractivity contribution in [2.45, 2.75) is 61.3 Å². The molecule has 0 spiro atoms. The third-order valence-electron chi connectivity index (χ3n) is 5.51. The fraction of sp³-hybridized carbons (Fsp3) is 0.286. The predicted octanol–water partition coefficient (Wildman–Crippen LogP) is 7.11. The van der Waals surface area contributed by atoms with Crippen LogP contribution in [-0.4, -0.2) is 17.3 Å². The van der Waals surface area contributed by atoms with E-state index < -0.39 is 11.5 Å². The number of carbonyl (C=O) groups is 2. The summed E-state index contributed by atoms with van der Waals surface area (Å²) in [6, 6.07) is 26.5. The third kappa shape index (κ3) is 7.31. The van der Waals surface area contributed by atoms with Gasteiger partial charge < -0.3 is 4.84 Å². The Morgan fingerprint density at radius 3 is 2.03 bits per heavy atom. The highest BCUT2D eigenvalue weighted by Gasteiger charge is 2.35. The Kier molecular flexibility index (Phi) is 9.28. The van der Waals surface area contributed by atoms with Crippen LogP contribution in [-0.2, 0) is 4.84 Å². The van der Waals surface area contributed by atoms with Crippen LogP contribution in [0.2, 0.25) is 0 Å². The van der Waals surface area contributed by atoms with Gasteiger partial charge in [0.15, 0.2) is 5.78 Å². The number of benzene rings is 3. The Morgan fingerprint density at radius 2 is 1.39 bits per heavy atom. The molecule has 172 valence electrons. The third-order valence-corrected chi connectivity index (χ3v) is 6.52. The number of Topliss-reactive ketones (excluding diaryl/α,β-unsaturated/α-hetero) is 1. The smallest absolute Gasteiger partial charge is 0.356 e. The van der Waals surface area contributed by atoms with Gasteiger partial charge in [-0.25, -0.2) is 4.79 Å². The number of carbonyl (C=O) groups excluding carboxylic acids is 2. The van der Waals surface area contributed by atoms with Crippen molar-refractivity contribution in [1.29, 1.82) is 0 Å². The van der Waals surface area contributed by atoms with E-state index in [2.05, 4.69) is 24.5 Å². The second-order valence-electron chi connectivity index (χ2n) is 8.27. The number of nitrogens with one attached hydrogen (secondary N) is 1. The number of rotatable bonds is 12. The Hall–Kier alpha value is -2.89. The van der Waals surface area contributed by atoms with Gasteiger partial charge >= 0.3 is 5.97 Å². The standard InChI is InChI=1S/C28H31NO3S/c1-3-4-5-12-21-28(2,29-32-27(31)23-13-8-6-9-14-23)26(30)22-17-19-25(20-18-22)33-24-15-10-7-11-16-24/h6-11,13-20,29H,3-5,12,21H2,1-2H3. The maximum atomic E-state index is 13.5. The largest absolute Gasteiger partial charge is 0.366 e. The van der Waals surface area contributed by atoms with Crippen LogP contribution in [0, 0.1) is 0 Å². The van der Waals surface area contributed by atoms with Crippen molar-refractivity contribution in [3.8, 4) is 0 Å². The second kappa shape index (κ2) is 12.4. The average molecular weight is 462 g/mol. The van der Waals surface area contributed by atoms with E-state index in [0.717, 1.165) is 35.5 Å². The van der Waals surface area contributed by atoms with E-state index in [1.165, 1.54) is 0 Å². The topological polar surface area (TPSA) is 55.4 Å². The average Bonchev–Trinajstić information content (AvgIpc) is 2.86. The van der Waals surface area contributed by atoms with Crippen molar-refractivity contribution in [2.24, 2.45) is 0 Å². The number of hydrogen-bond donors (Lipinski definition) is 1. The quantitative estimate of drug-likeness (QED) is 0.177. The molecule has 3 rings (SSSR count). The van der Waals surface area contributed by atoms with Crippen LogP contribution in [0.25, 0.3) is 0 Å². The minimum atomic E-state index is -1.01. The van der Waals surface area contributed by atoms with Gasteiger partial charge in [0.1, 0.15) is 5.54 Å². The molecule has 0 saturated heterocycles. The second-order valence-corrected chi connectivity index (χ2v) is 9.42. The molecule has 5 heteroatoms. The van der Waals surface area contributed by atoms with Crippen LogP contribution >= 0.6 is 11.8 Å². The van der Waals surface area contributed by atoms with Gasteiger partial charge in [-0.2, -0.15) is 0 Å². The summed E-state index contributed by atoms with van der Waals surface area (Å²) in [6.45, 7) is 3.96. The lowest BCUT2D eigenvalue weighted by molar-refractivity contribution is -0.000909. The minimum absolute atomic E-state index is 0.0869. The summed E-state index contributed by atoms with van der Waals surface area (Å²) in [5, 5.41) is 0. The summed E-state index contributed by atoms with van der Waals surface area (Å²) in [5.41, 5.74) is 2.84. The summed E-state index contributed by atoms with van der Waals surface area (Å²) in [4.78, 5) is 33.5. The first-order valence-electron chi connectivity index (χ1n) is 11.4. The Morgan fingerprint density at radius 1 is 0.788 bits per heavy atom. The highest BCUT2D eigenvalue weighted by molar-refractivity contribution is 7.99. The van der Waals surface area contributed by atoms with Gasteiger partial charge in [0.05, 0.1) is 5.56 Å². The summed E-state index contributed by atoms with van der Waals surface area (Å²) < 4.78 is 0. The van der Waals surface area contributed by atoms with Crippen LogP contribution in [0.3, 0.4) is 0 Å². The molecule has 0 amide bonds. The van der Waals surface area contributed by atoms with Crippen molar-refractivity contribution in [1.82, 2.24) is 5.48 Å². The van der Waals surface area contributed by atoms with Crippen molar-refractivity contribution in [2.75, 3.05) is 0 Å². The molecular formula is C28H31NO3S. The Balaban J connectivity index is 1.71. The van der Waals surface area contributed by atoms with E-state index in [1.807, 2.05) is 55.5 Å². The number of unbranched alkanes of at least 4 members (excludes halogenated alkanes) is 3. The SMILES string of the molecule is CCCCCCC(C)(NOC(=O)c1ccccc1)C(=O)c1ccc(Sc2ccccc2)cc1. The van der Waals surface area contributed by atoms with Gasteiger partial charge in [0, 0.05) is 15.4 Å². The summed E-state index contributed by atoms with van der Waals surface area (Å²) in [6.07, 6.45) is 4.70. The molecule has 0 radical (unpaired) electrons. The summed E-state index contributed by atoms with van der Waals surface area (Å²) in [7, 11) is 0. The van der Waals surface area contributed by atoms with Crippen molar-refractivity contribution in [3.05, 3.63) is 96.1 Å². The molecule has 0 aliphatic heterocycles. The van der Waals surface area contributed by atoms with Gasteiger partial charge in [-0.05, 0) is 49.7 Å². The van der Waals surface area contributed by atoms with E-state index in [1.54, 1.807) is 36.0 Å². The van der Waals surface area contributed by atoms with Crippen LogP contribution in [0.15, 0.2) is 94.7 Å². The zero-order valence-corrected chi connectivity index (χ0v) is 20.1. The van der Waals surface area contributed by atoms with E-state index >= 15 is 0 Å². The molecule has 0 heterocycles. The zero-order valence-electron chi connectivity index (χ0n) is 19.3. The van der Waals surface area contributed by atoms with Crippen molar-refractivity contribution in [3.63, 3.8) is 0 Å². The number of ketones is 1. The highest BCUT2D eigenvalue weighted by atomic mass is 32.2. The predicted molar refractivity (Wildman–Crippen MR) is 133 cm³/mol. The minimum Gasteiger partial charge on any atom is -0.366 e. The number of hydrogen-bond acceptors (Lipinski definition) is 5. The Bertz CT molecular complexity index is 1020. The molecule has 0 aliphatic rings. The molecule has 0 fully saturated rings. The van der Waals surface area contributed by atoms with Crippen molar-refractivity contribution < 1.29 is 14.4 Å². The molecule has 0 aromatic heterocycles. The van der Waals surface area contributed by atoms with Gasteiger partial charge in [0.25, 0.3) is 0 Å². The fourth-order valence-electron chi connectivity index (χ4n) is 3.53. The van der Waals surface area contributed by atoms with E-state index in [-0.39, 0.29) is 5.78 Å². The molecule has 0 saturated carbocycles. The van der Waals surface area contributed by atoms with Gasteiger partial charge in [-0.15, -0.1) is 5.48 Å². The molecule has 3 aromatic rings. The van der Waals surface area contributed by atoms with E-state index in [4.69, 9.17) is 4.84 Å². The lowest BCUT2D eigenvalue weighted by Crippen LogP contribution is -2.50. The molecule has 1 unspecified atom stereocenters. The van der Waals surface area contributed by atoms with E-state index in [0.29, 0.717) is 17.5 Å². The first-order valence-corrected chi connectivity index (χ1v) is 12.2. The first-order chi connectivity index (χ1) is 16.0. The maximum absolute atomic E-state index is 13.5. The summed E-state index contributed by atoms with van der Waals surface area (Å²) in [5.74, 6) is -0.589. The monoisotopic (exact) mass is 461 g/mol. The molecular weight excluding hydrogens is 430 g/mol. The highest BCUT2D eigenvalue weighted by Crippen LogP contribution is 2.29. The Labute approximate surface area is 200 Å². The maximum Gasteiger partial charge on any atom is 0.356 e. The zero-order chi connectivity index (χ0) is 23.5. The molecule has 1 atom stereocenters. The molecule has 0 aliphatic carbocycles. The van der Waals surface area contributed by atoms with E-state index in [9.17, 15) is 9.59 Å². The van der Waals surface area contributed by atoms with Crippen LogP contribution in [0.4, 0.5) is 0 Å². The molecule has 0 bridgehead atoms. The lowest BCUT2D eigenvalue weighted by atomic mass is 9.87. The van der Waals surface area contributed by atoms with Crippen LogP contribution < -0.4 is 5.48 Å². The normalized spacial score (nSPS) is 12.7. The van der Waals surface area contributed by atoms with Crippen LogP contribution in [0.1, 0.15) is 66.7 Å². The summed E-state index contributed by atoms with van der Waals surface area (Å²) >= 11 is 1.65. The molecule has 33 heavy (non-hydrogen) atoms.